The highest BCUT2D eigenvalue weighted by atomic mass is 16.2. The normalized spacial score (nSPS) is 15.3. The van der Waals surface area contributed by atoms with Crippen molar-refractivity contribution in [1.29, 1.82) is 0 Å². The summed E-state index contributed by atoms with van der Waals surface area (Å²) in [6.07, 6.45) is 1.85. The molecule has 1 fully saturated rings. The molecule has 0 bridgehead atoms. The van der Waals surface area contributed by atoms with Gasteiger partial charge in [-0.15, -0.1) is 0 Å². The van der Waals surface area contributed by atoms with Crippen LogP contribution in [0.3, 0.4) is 0 Å². The molecule has 1 aliphatic rings. The van der Waals surface area contributed by atoms with E-state index in [2.05, 4.69) is 17.4 Å². The molecule has 3 rings (SSSR count). The highest BCUT2D eigenvalue weighted by Gasteiger charge is 2.25. The van der Waals surface area contributed by atoms with Gasteiger partial charge in [0.25, 0.3) is 5.91 Å². The van der Waals surface area contributed by atoms with Gasteiger partial charge in [0.15, 0.2) is 0 Å². The van der Waals surface area contributed by atoms with E-state index in [9.17, 15) is 9.59 Å². The number of aryl methyl sites for hydroxylation is 1. The maximum atomic E-state index is 12.5. The lowest BCUT2D eigenvalue weighted by Crippen LogP contribution is -2.54. The van der Waals surface area contributed by atoms with E-state index in [-0.39, 0.29) is 18.0 Å². The van der Waals surface area contributed by atoms with Crippen LogP contribution in [0.2, 0.25) is 0 Å². The first kappa shape index (κ1) is 19.0. The molecule has 27 heavy (non-hydrogen) atoms. The van der Waals surface area contributed by atoms with Crippen molar-refractivity contribution in [1.82, 2.24) is 15.1 Å². The maximum absolute atomic E-state index is 12.5. The van der Waals surface area contributed by atoms with Crippen LogP contribution in [0.15, 0.2) is 60.7 Å². The zero-order chi connectivity index (χ0) is 19.1. The minimum absolute atomic E-state index is 0.0342. The largest absolute Gasteiger partial charge is 0.336 e. The molecule has 0 unspecified atom stereocenters. The number of nitrogens with one attached hydrogen (secondary N) is 1. The number of benzene rings is 2. The van der Waals surface area contributed by atoms with E-state index < -0.39 is 0 Å². The average molecular weight is 365 g/mol. The topological polar surface area (TPSA) is 52.7 Å². The summed E-state index contributed by atoms with van der Waals surface area (Å²) in [4.78, 5) is 28.6. The van der Waals surface area contributed by atoms with E-state index in [1.165, 1.54) is 5.56 Å². The fourth-order valence-corrected chi connectivity index (χ4v) is 3.28. The molecule has 0 aromatic heterocycles. The summed E-state index contributed by atoms with van der Waals surface area (Å²) in [6, 6.07) is 19.7. The number of nitrogens with zero attached hydrogens (tertiary/aromatic N) is 2. The lowest BCUT2D eigenvalue weighted by atomic mass is 10.1. The fraction of sp³-hybridized carbons (Fsp3) is 0.364. The van der Waals surface area contributed by atoms with E-state index in [4.69, 9.17) is 0 Å². The van der Waals surface area contributed by atoms with Crippen molar-refractivity contribution >= 4 is 11.9 Å². The number of piperazine rings is 1. The molecule has 1 atom stereocenters. The Hall–Kier alpha value is -2.82. The first-order chi connectivity index (χ1) is 13.1. The van der Waals surface area contributed by atoms with Crippen molar-refractivity contribution < 1.29 is 9.59 Å². The monoisotopic (exact) mass is 365 g/mol. The summed E-state index contributed by atoms with van der Waals surface area (Å²) in [7, 11) is 0. The van der Waals surface area contributed by atoms with E-state index in [1.54, 1.807) is 4.90 Å². The number of carbonyl (C=O) groups is 2. The maximum Gasteiger partial charge on any atom is 0.317 e. The standard InChI is InChI=1S/C22H27N3O2/c1-18(12-13-19-8-4-2-5-9-19)23-22(27)25-16-14-24(15-17-25)21(26)20-10-6-3-7-11-20/h2-11,18H,12-17H2,1H3,(H,23,27)/t18-/m1/s1. The van der Waals surface area contributed by atoms with Crippen molar-refractivity contribution in [2.24, 2.45) is 0 Å². The van der Waals surface area contributed by atoms with Crippen molar-refractivity contribution in [2.45, 2.75) is 25.8 Å². The van der Waals surface area contributed by atoms with Crippen molar-refractivity contribution in [3.05, 3.63) is 71.8 Å². The highest BCUT2D eigenvalue weighted by molar-refractivity contribution is 5.94. The average Bonchev–Trinajstić information content (AvgIpc) is 2.73. The molecule has 5 heteroatoms. The first-order valence-electron chi connectivity index (χ1n) is 9.57. The Morgan fingerprint density at radius 3 is 2.07 bits per heavy atom. The summed E-state index contributed by atoms with van der Waals surface area (Å²) in [5, 5.41) is 3.08. The smallest absolute Gasteiger partial charge is 0.317 e. The molecule has 0 aliphatic carbocycles. The number of carbonyl (C=O) groups excluding carboxylic acids is 2. The van der Waals surface area contributed by atoms with Crippen LogP contribution in [0.1, 0.15) is 29.3 Å². The Bertz CT molecular complexity index is 741. The summed E-state index contributed by atoms with van der Waals surface area (Å²) in [5.74, 6) is 0.0342. The molecular formula is C22H27N3O2. The van der Waals surface area contributed by atoms with E-state index >= 15 is 0 Å². The summed E-state index contributed by atoms with van der Waals surface area (Å²) in [5.41, 5.74) is 1.98. The Morgan fingerprint density at radius 2 is 1.44 bits per heavy atom. The Labute approximate surface area is 161 Å². The van der Waals surface area contributed by atoms with Gasteiger partial charge in [-0.05, 0) is 37.5 Å². The van der Waals surface area contributed by atoms with Crippen LogP contribution in [0, 0.1) is 0 Å². The van der Waals surface area contributed by atoms with E-state index in [0.29, 0.717) is 31.7 Å². The molecular weight excluding hydrogens is 338 g/mol. The van der Waals surface area contributed by atoms with E-state index in [1.807, 2.05) is 60.4 Å². The minimum atomic E-state index is -0.0395. The molecule has 2 aromatic carbocycles. The third kappa shape index (κ3) is 5.33. The van der Waals surface area contributed by atoms with E-state index in [0.717, 1.165) is 12.8 Å². The third-order valence-electron chi connectivity index (χ3n) is 4.95. The van der Waals surface area contributed by atoms with Gasteiger partial charge in [-0.25, -0.2) is 4.79 Å². The van der Waals surface area contributed by atoms with Gasteiger partial charge < -0.3 is 15.1 Å². The highest BCUT2D eigenvalue weighted by Crippen LogP contribution is 2.10. The second kappa shape index (κ2) is 9.21. The second-order valence-corrected chi connectivity index (χ2v) is 7.02. The molecule has 1 N–H and O–H groups in total. The summed E-state index contributed by atoms with van der Waals surface area (Å²) in [6.45, 7) is 4.31. The Balaban J connectivity index is 1.42. The molecule has 142 valence electrons. The SMILES string of the molecule is C[C@H](CCc1ccccc1)NC(=O)N1CCN(C(=O)c2ccccc2)CC1. The van der Waals surface area contributed by atoms with Crippen LogP contribution in [0.5, 0.6) is 0 Å². The lowest BCUT2D eigenvalue weighted by molar-refractivity contribution is 0.0663. The number of hydrogen-bond donors (Lipinski definition) is 1. The molecule has 2 aromatic rings. The van der Waals surface area contributed by atoms with Crippen molar-refractivity contribution in [3.8, 4) is 0 Å². The molecule has 0 saturated carbocycles. The molecule has 0 radical (unpaired) electrons. The van der Waals surface area contributed by atoms with Gasteiger partial charge in [0.05, 0.1) is 0 Å². The predicted molar refractivity (Wildman–Crippen MR) is 107 cm³/mol. The molecule has 1 heterocycles. The van der Waals surface area contributed by atoms with Gasteiger partial charge in [-0.1, -0.05) is 48.5 Å². The van der Waals surface area contributed by atoms with Gasteiger partial charge >= 0.3 is 6.03 Å². The van der Waals surface area contributed by atoms with Crippen LogP contribution in [-0.4, -0.2) is 54.0 Å². The second-order valence-electron chi connectivity index (χ2n) is 7.02. The molecule has 1 saturated heterocycles. The quantitative estimate of drug-likeness (QED) is 0.885. The van der Waals surface area contributed by atoms with Gasteiger partial charge in [0.1, 0.15) is 0 Å². The van der Waals surface area contributed by atoms with Crippen LogP contribution in [0.4, 0.5) is 4.79 Å². The first-order valence-corrected chi connectivity index (χ1v) is 9.57. The van der Waals surface area contributed by atoms with Gasteiger partial charge in [0, 0.05) is 37.8 Å². The van der Waals surface area contributed by atoms with Crippen molar-refractivity contribution in [2.75, 3.05) is 26.2 Å². The van der Waals surface area contributed by atoms with Gasteiger partial charge in [-0.2, -0.15) is 0 Å². The predicted octanol–water partition coefficient (Wildman–Crippen LogP) is 3.18. The molecule has 5 nitrogen and oxygen atoms in total. The molecule has 0 spiro atoms. The number of amides is 3. The van der Waals surface area contributed by atoms with Crippen LogP contribution in [-0.2, 0) is 6.42 Å². The number of urea groups is 1. The van der Waals surface area contributed by atoms with Gasteiger partial charge in [-0.3, -0.25) is 4.79 Å². The molecule has 3 amide bonds. The lowest BCUT2D eigenvalue weighted by Gasteiger charge is -2.35. The Morgan fingerprint density at radius 1 is 0.889 bits per heavy atom. The van der Waals surface area contributed by atoms with Crippen LogP contribution < -0.4 is 5.32 Å². The van der Waals surface area contributed by atoms with Gasteiger partial charge in [0.2, 0.25) is 0 Å². The van der Waals surface area contributed by atoms with Crippen LogP contribution in [0.25, 0.3) is 0 Å². The summed E-state index contributed by atoms with van der Waals surface area (Å²) >= 11 is 0. The summed E-state index contributed by atoms with van der Waals surface area (Å²) < 4.78 is 0. The number of rotatable bonds is 5. The zero-order valence-electron chi connectivity index (χ0n) is 15.8. The minimum Gasteiger partial charge on any atom is -0.336 e. The number of hydrogen-bond acceptors (Lipinski definition) is 2. The molecule has 1 aliphatic heterocycles. The fourth-order valence-electron chi connectivity index (χ4n) is 3.28. The third-order valence-corrected chi connectivity index (χ3v) is 4.95. The zero-order valence-corrected chi connectivity index (χ0v) is 15.8. The van der Waals surface area contributed by atoms with Crippen molar-refractivity contribution in [3.63, 3.8) is 0 Å². The van der Waals surface area contributed by atoms with Crippen LogP contribution >= 0.6 is 0 Å². The Kier molecular flexibility index (Phi) is 6.47.